The van der Waals surface area contributed by atoms with Crippen molar-refractivity contribution in [3.63, 3.8) is 0 Å². The van der Waals surface area contributed by atoms with Crippen molar-refractivity contribution in [1.82, 2.24) is 10.6 Å². The molecule has 2 aromatic carbocycles. The summed E-state index contributed by atoms with van der Waals surface area (Å²) in [5, 5.41) is 5.38. The molecule has 1 atom stereocenters. The second-order valence-electron chi connectivity index (χ2n) is 9.24. The molecule has 2 amide bonds. The van der Waals surface area contributed by atoms with E-state index in [2.05, 4.69) is 10.6 Å². The summed E-state index contributed by atoms with van der Waals surface area (Å²) in [6.07, 6.45) is 0.385. The predicted octanol–water partition coefficient (Wildman–Crippen LogP) is 3.96. The van der Waals surface area contributed by atoms with Gasteiger partial charge in [0, 0.05) is 18.5 Å². The number of esters is 1. The fraction of sp³-hybridized carbons (Fsp3) is 0.407. The minimum atomic E-state index is -0.937. The van der Waals surface area contributed by atoms with Gasteiger partial charge in [-0.1, -0.05) is 42.5 Å². The molecule has 0 radical (unpaired) electrons. The number of alkyl carbamates (subject to hydrolysis) is 1. The molecule has 35 heavy (non-hydrogen) atoms. The summed E-state index contributed by atoms with van der Waals surface area (Å²) in [6.45, 7) is 7.29. The first kappa shape index (κ1) is 27.6. The van der Waals surface area contributed by atoms with E-state index in [0.29, 0.717) is 18.5 Å². The van der Waals surface area contributed by atoms with Crippen molar-refractivity contribution in [3.8, 4) is 0 Å². The van der Waals surface area contributed by atoms with Crippen molar-refractivity contribution in [2.45, 2.75) is 65.2 Å². The predicted molar refractivity (Wildman–Crippen MR) is 132 cm³/mol. The van der Waals surface area contributed by atoms with E-state index in [-0.39, 0.29) is 25.2 Å². The summed E-state index contributed by atoms with van der Waals surface area (Å²) in [7, 11) is 0. The molecule has 0 bridgehead atoms. The van der Waals surface area contributed by atoms with Gasteiger partial charge in [-0.25, -0.2) is 9.59 Å². The lowest BCUT2D eigenvalue weighted by atomic mass is 10.1. The molecule has 2 aromatic rings. The summed E-state index contributed by atoms with van der Waals surface area (Å²) >= 11 is 0. The molecule has 0 aliphatic carbocycles. The van der Waals surface area contributed by atoms with Gasteiger partial charge < -0.3 is 24.9 Å². The normalized spacial score (nSPS) is 11.8. The molecule has 0 aliphatic heterocycles. The van der Waals surface area contributed by atoms with Gasteiger partial charge in [-0.15, -0.1) is 0 Å². The Kier molecular flexibility index (Phi) is 10.5. The van der Waals surface area contributed by atoms with Gasteiger partial charge in [0.25, 0.3) is 5.91 Å². The molecule has 2 N–H and O–H groups in total. The number of carbonyl (C=O) groups is 4. The van der Waals surface area contributed by atoms with E-state index >= 15 is 0 Å². The molecular formula is C27H34N2O6. The van der Waals surface area contributed by atoms with Crippen LogP contribution >= 0.6 is 0 Å². The van der Waals surface area contributed by atoms with Gasteiger partial charge in [0.15, 0.2) is 0 Å². The highest BCUT2D eigenvalue weighted by Gasteiger charge is 2.23. The summed E-state index contributed by atoms with van der Waals surface area (Å²) in [5.41, 5.74) is 1.56. The smallest absolute Gasteiger partial charge is 0.407 e. The monoisotopic (exact) mass is 482 g/mol. The molecule has 0 fully saturated rings. The van der Waals surface area contributed by atoms with E-state index < -0.39 is 29.6 Å². The molecule has 8 heteroatoms. The van der Waals surface area contributed by atoms with Gasteiger partial charge in [0.05, 0.1) is 0 Å². The molecule has 8 nitrogen and oxygen atoms in total. The van der Waals surface area contributed by atoms with Crippen LogP contribution in [0.3, 0.4) is 0 Å². The summed E-state index contributed by atoms with van der Waals surface area (Å²) < 4.78 is 10.6. The second-order valence-corrected chi connectivity index (χ2v) is 9.24. The second kappa shape index (κ2) is 13.3. The highest BCUT2D eigenvalue weighted by molar-refractivity contribution is 5.97. The van der Waals surface area contributed by atoms with Gasteiger partial charge in [-0.05, 0) is 63.8 Å². The SMILES string of the molecule is CC(=O)CCC(NC(=O)c1ccc(CCNC(=O)OC(C)(C)C)cc1)C(=O)OCc1ccccc1. The topological polar surface area (TPSA) is 111 Å². The van der Waals surface area contributed by atoms with Crippen LogP contribution in [0.5, 0.6) is 0 Å². The molecule has 0 spiro atoms. The fourth-order valence-corrected chi connectivity index (χ4v) is 3.11. The number of ether oxygens (including phenoxy) is 2. The Hall–Kier alpha value is -3.68. The van der Waals surface area contributed by atoms with E-state index in [0.717, 1.165) is 11.1 Å². The number of rotatable bonds is 11. The summed E-state index contributed by atoms with van der Waals surface area (Å²) in [5.74, 6) is -1.11. The van der Waals surface area contributed by atoms with Crippen LogP contribution in [0.25, 0.3) is 0 Å². The first-order valence-corrected chi connectivity index (χ1v) is 11.6. The van der Waals surface area contributed by atoms with Crippen molar-refractivity contribution >= 4 is 23.8 Å². The molecule has 1 unspecified atom stereocenters. The Morgan fingerprint density at radius 3 is 2.17 bits per heavy atom. The number of carbonyl (C=O) groups excluding carboxylic acids is 4. The van der Waals surface area contributed by atoms with Crippen molar-refractivity contribution in [2.24, 2.45) is 0 Å². The number of hydrogen-bond acceptors (Lipinski definition) is 6. The maximum Gasteiger partial charge on any atom is 0.407 e. The third kappa shape index (κ3) is 10.9. The van der Waals surface area contributed by atoms with Crippen LogP contribution in [0, 0.1) is 0 Å². The lowest BCUT2D eigenvalue weighted by molar-refractivity contribution is -0.147. The van der Waals surface area contributed by atoms with Crippen molar-refractivity contribution in [2.75, 3.05) is 6.54 Å². The van der Waals surface area contributed by atoms with E-state index in [1.807, 2.05) is 30.3 Å². The third-order valence-corrected chi connectivity index (χ3v) is 4.90. The van der Waals surface area contributed by atoms with Crippen LogP contribution in [-0.2, 0) is 32.1 Å². The highest BCUT2D eigenvalue weighted by atomic mass is 16.6. The van der Waals surface area contributed by atoms with Crippen LogP contribution in [0.4, 0.5) is 4.79 Å². The number of hydrogen-bond donors (Lipinski definition) is 2. The number of ketones is 1. The van der Waals surface area contributed by atoms with E-state index in [1.54, 1.807) is 45.0 Å². The molecule has 0 saturated heterocycles. The molecule has 2 rings (SSSR count). The molecular weight excluding hydrogens is 448 g/mol. The van der Waals surface area contributed by atoms with Crippen LogP contribution in [0.15, 0.2) is 54.6 Å². The number of benzene rings is 2. The van der Waals surface area contributed by atoms with Crippen molar-refractivity contribution < 1.29 is 28.7 Å². The average molecular weight is 483 g/mol. The molecule has 188 valence electrons. The maximum atomic E-state index is 12.7. The third-order valence-electron chi connectivity index (χ3n) is 4.90. The van der Waals surface area contributed by atoms with Crippen molar-refractivity contribution in [3.05, 3.63) is 71.3 Å². The fourth-order valence-electron chi connectivity index (χ4n) is 3.11. The zero-order chi connectivity index (χ0) is 25.8. The Morgan fingerprint density at radius 2 is 1.57 bits per heavy atom. The lowest BCUT2D eigenvalue weighted by Gasteiger charge is -2.19. The van der Waals surface area contributed by atoms with Crippen LogP contribution in [-0.4, -0.2) is 41.9 Å². The van der Waals surface area contributed by atoms with Gasteiger partial charge >= 0.3 is 12.1 Å². The van der Waals surface area contributed by atoms with E-state index in [9.17, 15) is 19.2 Å². The lowest BCUT2D eigenvalue weighted by Crippen LogP contribution is -2.42. The Labute approximate surface area is 206 Å². The number of nitrogens with one attached hydrogen (secondary N) is 2. The molecule has 0 heterocycles. The van der Waals surface area contributed by atoms with Crippen molar-refractivity contribution in [1.29, 1.82) is 0 Å². The first-order valence-electron chi connectivity index (χ1n) is 11.6. The summed E-state index contributed by atoms with van der Waals surface area (Å²) in [6, 6.07) is 15.1. The minimum absolute atomic E-state index is 0.0792. The highest BCUT2D eigenvalue weighted by Crippen LogP contribution is 2.10. The summed E-state index contributed by atoms with van der Waals surface area (Å²) in [4.78, 5) is 48.5. The van der Waals surface area contributed by atoms with Crippen LogP contribution in [0.1, 0.15) is 62.0 Å². The quantitative estimate of drug-likeness (QED) is 0.469. The molecule has 0 aliphatic rings. The standard InChI is InChI=1S/C27H34N2O6/c1-19(30)10-15-23(25(32)34-18-21-8-6-5-7-9-21)29-24(31)22-13-11-20(12-14-22)16-17-28-26(33)35-27(2,3)4/h5-9,11-14,23H,10,15-18H2,1-4H3,(H,28,33)(H,29,31). The van der Waals surface area contributed by atoms with Crippen LogP contribution in [0.2, 0.25) is 0 Å². The zero-order valence-electron chi connectivity index (χ0n) is 20.8. The Balaban J connectivity index is 1.91. The number of Topliss-reactive ketones (excluding diaryl/α,β-unsaturated/α-hetero) is 1. The molecule has 0 saturated carbocycles. The zero-order valence-corrected chi connectivity index (χ0v) is 20.8. The maximum absolute atomic E-state index is 12.7. The van der Waals surface area contributed by atoms with Gasteiger partial charge in [0.2, 0.25) is 0 Å². The molecule has 0 aromatic heterocycles. The van der Waals surface area contributed by atoms with Gasteiger partial charge in [-0.3, -0.25) is 4.79 Å². The van der Waals surface area contributed by atoms with Gasteiger partial charge in [-0.2, -0.15) is 0 Å². The first-order chi connectivity index (χ1) is 16.5. The Morgan fingerprint density at radius 1 is 0.914 bits per heavy atom. The average Bonchev–Trinajstić information content (AvgIpc) is 2.80. The number of amides is 2. The minimum Gasteiger partial charge on any atom is -0.459 e. The van der Waals surface area contributed by atoms with Crippen LogP contribution < -0.4 is 10.6 Å². The van der Waals surface area contributed by atoms with E-state index in [1.165, 1.54) is 6.92 Å². The largest absolute Gasteiger partial charge is 0.459 e. The van der Waals surface area contributed by atoms with Gasteiger partial charge in [0.1, 0.15) is 24.0 Å². The Bertz CT molecular complexity index is 997. The van der Waals surface area contributed by atoms with E-state index in [4.69, 9.17) is 9.47 Å².